The molecule has 9 heavy (non-hydrogen) atoms. The van der Waals surface area contributed by atoms with Crippen molar-refractivity contribution in [3.05, 3.63) is 23.6 Å². The van der Waals surface area contributed by atoms with Crippen LogP contribution in [-0.2, 0) is 0 Å². The molecule has 0 spiro atoms. The van der Waals surface area contributed by atoms with Gasteiger partial charge in [-0.05, 0) is 25.8 Å². The first kappa shape index (κ1) is 6.53. The molecule has 0 bridgehead atoms. The molecule has 0 radical (unpaired) electrons. The summed E-state index contributed by atoms with van der Waals surface area (Å²) in [5.41, 5.74) is 1.30. The highest BCUT2D eigenvalue weighted by atomic mass is 19.1. The SMILES string of the molecule is CC1=CCC=C(F)CC1. The predicted molar refractivity (Wildman–Crippen MR) is 36.8 cm³/mol. The van der Waals surface area contributed by atoms with Crippen LogP contribution in [0.5, 0.6) is 0 Å². The van der Waals surface area contributed by atoms with E-state index in [1.807, 2.05) is 6.92 Å². The summed E-state index contributed by atoms with van der Waals surface area (Å²) in [6, 6.07) is 0. The lowest BCUT2D eigenvalue weighted by Gasteiger charge is -1.92. The normalized spacial score (nSPS) is 20.2. The molecule has 1 heteroatoms. The summed E-state index contributed by atoms with van der Waals surface area (Å²) in [4.78, 5) is 0. The summed E-state index contributed by atoms with van der Waals surface area (Å²) in [5, 5.41) is 0. The minimum atomic E-state index is 0.0445. The van der Waals surface area contributed by atoms with Gasteiger partial charge in [0.2, 0.25) is 0 Å². The molecule has 0 atom stereocenters. The Balaban J connectivity index is 2.54. The molecule has 0 aromatic heterocycles. The van der Waals surface area contributed by atoms with Crippen LogP contribution in [0.4, 0.5) is 4.39 Å². The highest BCUT2D eigenvalue weighted by Crippen LogP contribution is 2.17. The summed E-state index contributed by atoms with van der Waals surface area (Å²) >= 11 is 0. The van der Waals surface area contributed by atoms with Crippen LogP contribution in [-0.4, -0.2) is 0 Å². The molecule has 0 aromatic carbocycles. The summed E-state index contributed by atoms with van der Waals surface area (Å²) in [6.45, 7) is 2.05. The van der Waals surface area contributed by atoms with Gasteiger partial charge in [-0.2, -0.15) is 0 Å². The third kappa shape index (κ3) is 2.00. The van der Waals surface area contributed by atoms with E-state index in [4.69, 9.17) is 0 Å². The van der Waals surface area contributed by atoms with Gasteiger partial charge < -0.3 is 0 Å². The molecule has 1 aliphatic rings. The van der Waals surface area contributed by atoms with Crippen LogP contribution in [0, 0.1) is 0 Å². The quantitative estimate of drug-likeness (QED) is 0.438. The molecule has 0 saturated heterocycles. The monoisotopic (exact) mass is 126 g/mol. The predicted octanol–water partition coefficient (Wildman–Crippen LogP) is 2.97. The van der Waals surface area contributed by atoms with Crippen LogP contribution in [0.1, 0.15) is 26.2 Å². The molecule has 1 rings (SSSR count). The van der Waals surface area contributed by atoms with Crippen LogP contribution in [0.3, 0.4) is 0 Å². The second-order valence-electron chi connectivity index (χ2n) is 2.44. The maximum absolute atomic E-state index is 12.4. The van der Waals surface area contributed by atoms with Crippen molar-refractivity contribution in [2.45, 2.75) is 26.2 Å². The van der Waals surface area contributed by atoms with Gasteiger partial charge in [-0.1, -0.05) is 11.6 Å². The van der Waals surface area contributed by atoms with Crippen molar-refractivity contribution in [2.24, 2.45) is 0 Å². The van der Waals surface area contributed by atoms with E-state index >= 15 is 0 Å². The second kappa shape index (κ2) is 2.81. The lowest BCUT2D eigenvalue weighted by atomic mass is 10.2. The van der Waals surface area contributed by atoms with Crippen molar-refractivity contribution in [1.82, 2.24) is 0 Å². The summed E-state index contributed by atoms with van der Waals surface area (Å²) in [7, 11) is 0. The van der Waals surface area contributed by atoms with E-state index in [1.165, 1.54) is 5.57 Å². The number of allylic oxidation sites excluding steroid dienone is 4. The zero-order chi connectivity index (χ0) is 6.69. The zero-order valence-electron chi connectivity index (χ0n) is 5.65. The molecule has 0 heterocycles. The fraction of sp³-hybridized carbons (Fsp3) is 0.500. The molecule has 0 nitrogen and oxygen atoms in total. The minimum absolute atomic E-state index is 0.0445. The van der Waals surface area contributed by atoms with Gasteiger partial charge in [0.25, 0.3) is 0 Å². The van der Waals surface area contributed by atoms with Gasteiger partial charge in [0.15, 0.2) is 0 Å². The minimum Gasteiger partial charge on any atom is -0.212 e. The van der Waals surface area contributed by atoms with E-state index in [9.17, 15) is 4.39 Å². The Hall–Kier alpha value is -0.590. The highest BCUT2D eigenvalue weighted by molar-refractivity contribution is 5.10. The summed E-state index contributed by atoms with van der Waals surface area (Å²) < 4.78 is 12.4. The number of hydrogen-bond acceptors (Lipinski definition) is 0. The number of rotatable bonds is 0. The molecular formula is C8H11F. The molecule has 0 unspecified atom stereocenters. The molecule has 0 N–H and O–H groups in total. The van der Waals surface area contributed by atoms with Crippen molar-refractivity contribution >= 4 is 0 Å². The van der Waals surface area contributed by atoms with Gasteiger partial charge in [-0.15, -0.1) is 0 Å². The molecule has 0 fully saturated rings. The van der Waals surface area contributed by atoms with Gasteiger partial charge in [-0.3, -0.25) is 0 Å². The average Bonchev–Trinajstić information content (AvgIpc) is 1.97. The van der Waals surface area contributed by atoms with E-state index in [2.05, 4.69) is 6.08 Å². The second-order valence-corrected chi connectivity index (χ2v) is 2.44. The maximum Gasteiger partial charge on any atom is 0.0966 e. The fourth-order valence-corrected chi connectivity index (χ4v) is 0.909. The van der Waals surface area contributed by atoms with Crippen molar-refractivity contribution in [3.8, 4) is 0 Å². The highest BCUT2D eigenvalue weighted by Gasteiger charge is 1.99. The topological polar surface area (TPSA) is 0 Å². The Bertz CT molecular complexity index is 136. The molecule has 0 aliphatic heterocycles. The van der Waals surface area contributed by atoms with Gasteiger partial charge in [-0.25, -0.2) is 4.39 Å². The van der Waals surface area contributed by atoms with Crippen molar-refractivity contribution < 1.29 is 4.39 Å². The summed E-state index contributed by atoms with van der Waals surface area (Å²) in [6.07, 6.45) is 5.99. The molecule has 0 aromatic rings. The van der Waals surface area contributed by atoms with Gasteiger partial charge in [0.1, 0.15) is 0 Å². The Labute approximate surface area is 55.1 Å². The van der Waals surface area contributed by atoms with E-state index in [-0.39, 0.29) is 5.83 Å². The largest absolute Gasteiger partial charge is 0.212 e. The average molecular weight is 126 g/mol. The third-order valence-electron chi connectivity index (χ3n) is 1.56. The van der Waals surface area contributed by atoms with Crippen LogP contribution < -0.4 is 0 Å². The first-order valence-corrected chi connectivity index (χ1v) is 3.29. The Morgan fingerprint density at radius 1 is 1.33 bits per heavy atom. The van der Waals surface area contributed by atoms with E-state index in [0.717, 1.165) is 12.8 Å². The number of halogens is 1. The van der Waals surface area contributed by atoms with Crippen LogP contribution in [0.25, 0.3) is 0 Å². The van der Waals surface area contributed by atoms with E-state index < -0.39 is 0 Å². The Morgan fingerprint density at radius 3 is 2.89 bits per heavy atom. The maximum atomic E-state index is 12.4. The zero-order valence-corrected chi connectivity index (χ0v) is 5.65. The molecular weight excluding hydrogens is 115 g/mol. The lowest BCUT2D eigenvalue weighted by Crippen LogP contribution is -1.74. The van der Waals surface area contributed by atoms with Crippen LogP contribution >= 0.6 is 0 Å². The molecule has 1 aliphatic carbocycles. The van der Waals surface area contributed by atoms with Crippen molar-refractivity contribution in [2.75, 3.05) is 0 Å². The van der Waals surface area contributed by atoms with E-state index in [1.54, 1.807) is 6.08 Å². The summed E-state index contributed by atoms with van der Waals surface area (Å²) in [5.74, 6) is 0.0445. The lowest BCUT2D eigenvalue weighted by molar-refractivity contribution is 0.587. The molecule has 50 valence electrons. The van der Waals surface area contributed by atoms with Crippen molar-refractivity contribution in [3.63, 3.8) is 0 Å². The molecule has 0 amide bonds. The van der Waals surface area contributed by atoms with Gasteiger partial charge >= 0.3 is 0 Å². The van der Waals surface area contributed by atoms with Crippen LogP contribution in [0.2, 0.25) is 0 Å². The number of hydrogen-bond donors (Lipinski definition) is 0. The molecule has 0 saturated carbocycles. The first-order valence-electron chi connectivity index (χ1n) is 3.29. The third-order valence-corrected chi connectivity index (χ3v) is 1.56. The Morgan fingerprint density at radius 2 is 2.11 bits per heavy atom. The smallest absolute Gasteiger partial charge is 0.0966 e. The Kier molecular flexibility index (Phi) is 2.04. The fourth-order valence-electron chi connectivity index (χ4n) is 0.909. The van der Waals surface area contributed by atoms with E-state index in [0.29, 0.717) is 6.42 Å². The van der Waals surface area contributed by atoms with Gasteiger partial charge in [0.05, 0.1) is 5.83 Å². The van der Waals surface area contributed by atoms with Crippen molar-refractivity contribution in [1.29, 1.82) is 0 Å². The first-order chi connectivity index (χ1) is 4.29. The van der Waals surface area contributed by atoms with Crippen LogP contribution in [0.15, 0.2) is 23.6 Å². The van der Waals surface area contributed by atoms with Gasteiger partial charge in [0, 0.05) is 6.42 Å². The standard InChI is InChI=1S/C8H11F/c1-7-3-2-4-8(9)6-5-7/h3-4H,2,5-6H2,1H3.